The van der Waals surface area contributed by atoms with Gasteiger partial charge in [-0.1, -0.05) is 0 Å². The van der Waals surface area contributed by atoms with E-state index in [4.69, 9.17) is 9.47 Å². The average Bonchev–Trinajstić information content (AvgIpc) is 2.10. The van der Waals surface area contributed by atoms with Crippen LogP contribution in [0, 0.1) is 0 Å². The van der Waals surface area contributed by atoms with E-state index < -0.39 is 29.3 Å². The first kappa shape index (κ1) is 18.1. The highest BCUT2D eigenvalue weighted by Gasteiger charge is 2.27. The summed E-state index contributed by atoms with van der Waals surface area (Å²) >= 11 is 4.07. The fourth-order valence-corrected chi connectivity index (χ4v) is 1.46. The summed E-state index contributed by atoms with van der Waals surface area (Å²) in [6, 6.07) is -0.744. The van der Waals surface area contributed by atoms with Crippen molar-refractivity contribution in [2.24, 2.45) is 0 Å². The van der Waals surface area contributed by atoms with E-state index in [2.05, 4.69) is 17.9 Å². The molecule has 0 aliphatic carbocycles. The van der Waals surface area contributed by atoms with Crippen LogP contribution >= 0.6 is 12.6 Å². The van der Waals surface area contributed by atoms with Crippen molar-refractivity contribution in [1.82, 2.24) is 5.32 Å². The van der Waals surface area contributed by atoms with E-state index in [-0.39, 0.29) is 0 Å². The van der Waals surface area contributed by atoms with Crippen LogP contribution in [-0.2, 0) is 14.3 Å². The number of carbonyl (C=O) groups is 2. The predicted octanol–water partition coefficient (Wildman–Crippen LogP) is 2.54. The van der Waals surface area contributed by atoms with Crippen LogP contribution in [0.15, 0.2) is 0 Å². The van der Waals surface area contributed by atoms with E-state index in [1.54, 1.807) is 41.5 Å². The average molecular weight is 291 g/mol. The smallest absolute Gasteiger partial charge is 0.408 e. The van der Waals surface area contributed by atoms with Crippen molar-refractivity contribution in [2.45, 2.75) is 65.2 Å². The zero-order chi connectivity index (χ0) is 15.3. The molecule has 0 unspecified atom stereocenters. The molecular formula is C13H25NO4S. The second-order valence-corrected chi connectivity index (χ2v) is 6.69. The fraction of sp³-hybridized carbons (Fsp3) is 0.846. The van der Waals surface area contributed by atoms with E-state index in [9.17, 15) is 9.59 Å². The van der Waals surface area contributed by atoms with Crippen molar-refractivity contribution in [3.8, 4) is 0 Å². The Balaban J connectivity index is 4.57. The van der Waals surface area contributed by atoms with Crippen LogP contribution in [0.4, 0.5) is 4.79 Å². The third-order valence-corrected chi connectivity index (χ3v) is 2.06. The molecule has 0 bridgehead atoms. The number of rotatable bonds is 4. The van der Waals surface area contributed by atoms with Gasteiger partial charge in [0.1, 0.15) is 17.2 Å². The molecule has 0 heterocycles. The minimum absolute atomic E-state index is 0.386. The number of carbonyl (C=O) groups excluding carboxylic acids is 2. The van der Waals surface area contributed by atoms with Gasteiger partial charge in [0.25, 0.3) is 0 Å². The van der Waals surface area contributed by atoms with Crippen molar-refractivity contribution >= 4 is 24.7 Å². The minimum atomic E-state index is -0.744. The number of esters is 1. The topological polar surface area (TPSA) is 64.6 Å². The lowest BCUT2D eigenvalue weighted by atomic mass is 10.1. The highest BCUT2D eigenvalue weighted by atomic mass is 32.1. The van der Waals surface area contributed by atoms with Gasteiger partial charge in [0, 0.05) is 0 Å². The molecule has 0 fully saturated rings. The molecule has 0 aromatic heterocycles. The molecule has 0 rings (SSSR count). The maximum absolute atomic E-state index is 11.9. The van der Waals surface area contributed by atoms with Gasteiger partial charge < -0.3 is 14.8 Å². The highest BCUT2D eigenvalue weighted by molar-refractivity contribution is 7.80. The quantitative estimate of drug-likeness (QED) is 0.617. The Morgan fingerprint density at radius 2 is 1.53 bits per heavy atom. The number of amides is 1. The molecule has 0 saturated heterocycles. The molecule has 0 aromatic rings. The van der Waals surface area contributed by atoms with Crippen molar-refractivity contribution in [2.75, 3.05) is 5.75 Å². The molecule has 1 N–H and O–H groups in total. The SMILES string of the molecule is CC(C)(C)OC(=O)N[C@H](CCS)C(=O)OC(C)(C)C. The lowest BCUT2D eigenvalue weighted by Gasteiger charge is -2.26. The van der Waals surface area contributed by atoms with Gasteiger partial charge in [0.2, 0.25) is 0 Å². The van der Waals surface area contributed by atoms with Gasteiger partial charge in [-0.25, -0.2) is 9.59 Å². The Hall–Kier alpha value is -0.910. The van der Waals surface area contributed by atoms with E-state index in [0.717, 1.165) is 0 Å². The molecule has 6 heteroatoms. The molecule has 0 saturated carbocycles. The third kappa shape index (κ3) is 9.64. The van der Waals surface area contributed by atoms with E-state index in [1.807, 2.05) is 0 Å². The van der Waals surface area contributed by atoms with Gasteiger partial charge in [-0.15, -0.1) is 0 Å². The molecule has 5 nitrogen and oxygen atoms in total. The predicted molar refractivity (Wildman–Crippen MR) is 77.5 cm³/mol. The fourth-order valence-electron chi connectivity index (χ4n) is 1.20. The van der Waals surface area contributed by atoms with Gasteiger partial charge in [-0.2, -0.15) is 12.6 Å². The Bertz CT molecular complexity index is 318. The Morgan fingerprint density at radius 3 is 1.89 bits per heavy atom. The first-order chi connectivity index (χ1) is 8.44. The molecule has 112 valence electrons. The first-order valence-corrected chi connectivity index (χ1v) is 6.91. The van der Waals surface area contributed by atoms with Crippen LogP contribution in [0.3, 0.4) is 0 Å². The second kappa shape index (κ2) is 7.03. The van der Waals surface area contributed by atoms with E-state index in [1.165, 1.54) is 0 Å². The van der Waals surface area contributed by atoms with E-state index >= 15 is 0 Å². The molecule has 0 aliphatic heterocycles. The van der Waals surface area contributed by atoms with Crippen LogP contribution < -0.4 is 5.32 Å². The highest BCUT2D eigenvalue weighted by Crippen LogP contribution is 2.11. The number of thiol groups is 1. The third-order valence-electron chi connectivity index (χ3n) is 1.80. The van der Waals surface area contributed by atoms with Gasteiger partial charge >= 0.3 is 12.1 Å². The minimum Gasteiger partial charge on any atom is -0.458 e. The lowest BCUT2D eigenvalue weighted by Crippen LogP contribution is -2.46. The molecule has 0 aromatic carbocycles. The molecule has 0 spiro atoms. The van der Waals surface area contributed by atoms with Crippen molar-refractivity contribution in [3.05, 3.63) is 0 Å². The zero-order valence-corrected chi connectivity index (χ0v) is 13.5. The summed E-state index contributed by atoms with van der Waals surface area (Å²) < 4.78 is 10.4. The summed E-state index contributed by atoms with van der Waals surface area (Å²) in [6.07, 6.45) is -0.248. The summed E-state index contributed by atoms with van der Waals surface area (Å²) in [7, 11) is 0. The van der Waals surface area contributed by atoms with Crippen LogP contribution in [0.5, 0.6) is 0 Å². The Morgan fingerprint density at radius 1 is 1.05 bits per heavy atom. The lowest BCUT2D eigenvalue weighted by molar-refractivity contribution is -0.157. The molecule has 0 aliphatic rings. The molecule has 0 radical (unpaired) electrons. The first-order valence-electron chi connectivity index (χ1n) is 6.28. The van der Waals surface area contributed by atoms with Crippen molar-refractivity contribution in [1.29, 1.82) is 0 Å². The van der Waals surface area contributed by atoms with Crippen LogP contribution in [0.25, 0.3) is 0 Å². The Kier molecular flexibility index (Phi) is 6.69. The summed E-state index contributed by atoms with van der Waals surface area (Å²) in [5, 5.41) is 2.51. The number of alkyl carbamates (subject to hydrolysis) is 1. The molecule has 1 atom stereocenters. The maximum atomic E-state index is 11.9. The standard InChI is InChI=1S/C13H25NO4S/c1-12(2,3)17-10(15)9(7-8-19)14-11(16)18-13(4,5)6/h9,19H,7-8H2,1-6H3,(H,14,16)/t9-/m1/s1. The second-order valence-electron chi connectivity index (χ2n) is 6.24. The molecular weight excluding hydrogens is 266 g/mol. The van der Waals surface area contributed by atoms with Crippen LogP contribution in [0.2, 0.25) is 0 Å². The monoisotopic (exact) mass is 291 g/mol. The van der Waals surface area contributed by atoms with Gasteiger partial charge in [-0.3, -0.25) is 0 Å². The summed E-state index contributed by atoms with van der Waals surface area (Å²) in [4.78, 5) is 23.6. The zero-order valence-electron chi connectivity index (χ0n) is 12.6. The largest absolute Gasteiger partial charge is 0.458 e. The van der Waals surface area contributed by atoms with Crippen molar-refractivity contribution in [3.63, 3.8) is 0 Å². The Labute approximate surface area is 120 Å². The summed E-state index contributed by atoms with van der Waals surface area (Å²) in [5.74, 6) is -0.0212. The van der Waals surface area contributed by atoms with Gasteiger partial charge in [-0.05, 0) is 53.7 Å². The number of nitrogens with one attached hydrogen (secondary N) is 1. The van der Waals surface area contributed by atoms with Crippen LogP contribution in [0.1, 0.15) is 48.0 Å². The normalized spacial score (nSPS) is 13.6. The maximum Gasteiger partial charge on any atom is 0.408 e. The van der Waals surface area contributed by atoms with E-state index in [0.29, 0.717) is 12.2 Å². The van der Waals surface area contributed by atoms with Gasteiger partial charge in [0.05, 0.1) is 0 Å². The molecule has 1 amide bonds. The van der Waals surface area contributed by atoms with Gasteiger partial charge in [0.15, 0.2) is 0 Å². The number of hydrogen-bond acceptors (Lipinski definition) is 5. The molecule has 19 heavy (non-hydrogen) atoms. The number of hydrogen-bond donors (Lipinski definition) is 2. The summed E-state index contributed by atoms with van der Waals surface area (Å²) in [6.45, 7) is 10.6. The number of ether oxygens (including phenoxy) is 2. The summed E-state index contributed by atoms with van der Waals surface area (Å²) in [5.41, 5.74) is -1.20. The van der Waals surface area contributed by atoms with Crippen molar-refractivity contribution < 1.29 is 19.1 Å². The van der Waals surface area contributed by atoms with Crippen LogP contribution in [-0.4, -0.2) is 35.1 Å².